The molecular weight excluding hydrogens is 336 g/mol. The van der Waals surface area contributed by atoms with Gasteiger partial charge >= 0.3 is 6.29 Å². The van der Waals surface area contributed by atoms with Crippen molar-refractivity contribution in [3.63, 3.8) is 0 Å². The van der Waals surface area contributed by atoms with E-state index in [2.05, 4.69) is 14.5 Å². The van der Waals surface area contributed by atoms with Gasteiger partial charge in [-0.1, -0.05) is 12.1 Å². The van der Waals surface area contributed by atoms with Crippen LogP contribution in [0.25, 0.3) is 0 Å². The molecule has 9 heteroatoms. The first-order chi connectivity index (χ1) is 10.2. The van der Waals surface area contributed by atoms with E-state index >= 15 is 0 Å². The number of hydrogen-bond acceptors (Lipinski definition) is 6. The number of fused-ring (bicyclic) bond motifs is 1. The Bertz CT molecular complexity index is 817. The fourth-order valence-corrected chi connectivity index (χ4v) is 4.25. The number of aromatic nitrogens is 1. The number of para-hydroxylation sites is 1. The van der Waals surface area contributed by atoms with Gasteiger partial charge < -0.3 is 9.47 Å². The van der Waals surface area contributed by atoms with Crippen molar-refractivity contribution in [3.05, 3.63) is 39.8 Å². The number of sulfone groups is 1. The van der Waals surface area contributed by atoms with Crippen molar-refractivity contribution in [1.29, 1.82) is 0 Å². The number of benzene rings is 1. The molecule has 0 saturated carbocycles. The van der Waals surface area contributed by atoms with E-state index in [9.17, 15) is 17.2 Å². The Morgan fingerprint density at radius 1 is 1.27 bits per heavy atom. The molecule has 118 valence electrons. The number of alkyl halides is 2. The summed E-state index contributed by atoms with van der Waals surface area (Å²) in [4.78, 5) is 4.10. The Morgan fingerprint density at radius 2 is 2.05 bits per heavy atom. The Balaban J connectivity index is 1.84. The Labute approximate surface area is 129 Å². The van der Waals surface area contributed by atoms with E-state index in [0.717, 1.165) is 5.01 Å². The van der Waals surface area contributed by atoms with Crippen molar-refractivity contribution >= 4 is 21.2 Å². The lowest BCUT2D eigenvalue weighted by Crippen LogP contribution is -2.26. The maximum Gasteiger partial charge on any atom is 0.586 e. The predicted octanol–water partition coefficient (Wildman–Crippen LogP) is 2.89. The second-order valence-electron chi connectivity index (χ2n) is 4.80. The van der Waals surface area contributed by atoms with E-state index in [-0.39, 0.29) is 22.8 Å². The predicted molar refractivity (Wildman–Crippen MR) is 75.8 cm³/mol. The lowest BCUT2D eigenvalue weighted by molar-refractivity contribution is -0.286. The third-order valence-corrected chi connectivity index (χ3v) is 5.23. The van der Waals surface area contributed by atoms with E-state index in [0.29, 0.717) is 5.69 Å². The second kappa shape index (κ2) is 5.17. The van der Waals surface area contributed by atoms with Crippen LogP contribution in [-0.2, 0) is 21.3 Å². The molecule has 0 fully saturated rings. The van der Waals surface area contributed by atoms with Gasteiger partial charge in [0.1, 0.15) is 0 Å². The molecule has 2 heterocycles. The minimum atomic E-state index is -3.77. The quantitative estimate of drug-likeness (QED) is 0.851. The molecule has 0 bridgehead atoms. The van der Waals surface area contributed by atoms with Crippen molar-refractivity contribution in [2.24, 2.45) is 0 Å². The van der Waals surface area contributed by atoms with Crippen LogP contribution < -0.4 is 9.47 Å². The molecule has 0 unspecified atom stereocenters. The molecule has 1 aromatic carbocycles. The van der Waals surface area contributed by atoms with E-state index in [4.69, 9.17) is 0 Å². The van der Waals surface area contributed by atoms with Crippen LogP contribution in [0.15, 0.2) is 23.6 Å². The molecular formula is C13H11F2NO4S2. The summed E-state index contributed by atoms with van der Waals surface area (Å²) >= 11 is 1.35. The SMILES string of the molecule is Cc1nc(CS(=O)(=O)Cc2cccc3c2OC(F)(F)O3)cs1. The van der Waals surface area contributed by atoms with Gasteiger partial charge in [0.05, 0.1) is 22.2 Å². The number of hydrogen-bond donors (Lipinski definition) is 0. The van der Waals surface area contributed by atoms with Gasteiger partial charge in [0.15, 0.2) is 21.3 Å². The summed E-state index contributed by atoms with van der Waals surface area (Å²) in [5.74, 6) is -1.07. The second-order valence-corrected chi connectivity index (χ2v) is 7.93. The third kappa shape index (κ3) is 3.20. The summed E-state index contributed by atoms with van der Waals surface area (Å²) in [5, 5.41) is 2.43. The normalized spacial score (nSPS) is 16.0. The summed E-state index contributed by atoms with van der Waals surface area (Å²) in [7, 11) is -3.57. The standard InChI is InChI=1S/C13H11F2NO4S2/c1-8-16-10(5-21-8)7-22(17,18)6-9-3-2-4-11-12(9)20-13(14,15)19-11/h2-5H,6-7H2,1H3. The number of thiazole rings is 1. The highest BCUT2D eigenvalue weighted by molar-refractivity contribution is 7.89. The smallest absolute Gasteiger partial charge is 0.395 e. The summed E-state index contributed by atoms with van der Waals surface area (Å²) in [5.41, 5.74) is 0.583. The molecule has 0 amide bonds. The van der Waals surface area contributed by atoms with Crippen LogP contribution in [0.4, 0.5) is 8.78 Å². The lowest BCUT2D eigenvalue weighted by atomic mass is 10.2. The molecule has 1 aromatic heterocycles. The Hall–Kier alpha value is -1.74. The molecule has 1 aliphatic heterocycles. The third-order valence-electron chi connectivity index (χ3n) is 2.92. The molecule has 5 nitrogen and oxygen atoms in total. The fraction of sp³-hybridized carbons (Fsp3) is 0.308. The van der Waals surface area contributed by atoms with Gasteiger partial charge in [0.25, 0.3) is 0 Å². The topological polar surface area (TPSA) is 65.5 Å². The van der Waals surface area contributed by atoms with Gasteiger partial charge in [0.2, 0.25) is 0 Å². The highest BCUT2D eigenvalue weighted by Crippen LogP contribution is 2.43. The monoisotopic (exact) mass is 347 g/mol. The zero-order valence-corrected chi connectivity index (χ0v) is 13.0. The van der Waals surface area contributed by atoms with E-state index in [1.165, 1.54) is 29.5 Å². The van der Waals surface area contributed by atoms with Crippen molar-refractivity contribution in [2.45, 2.75) is 24.7 Å². The summed E-state index contributed by atoms with van der Waals surface area (Å²) in [6.45, 7) is 1.78. The van der Waals surface area contributed by atoms with E-state index in [1.807, 2.05) is 0 Å². The minimum absolute atomic E-state index is 0.140. The van der Waals surface area contributed by atoms with Crippen molar-refractivity contribution in [1.82, 2.24) is 4.98 Å². The first-order valence-electron chi connectivity index (χ1n) is 6.23. The molecule has 22 heavy (non-hydrogen) atoms. The molecule has 0 saturated heterocycles. The largest absolute Gasteiger partial charge is 0.586 e. The number of rotatable bonds is 4. The molecule has 1 aliphatic rings. The van der Waals surface area contributed by atoms with Crippen LogP contribution in [0.5, 0.6) is 11.5 Å². The van der Waals surface area contributed by atoms with Crippen LogP contribution >= 0.6 is 11.3 Å². The number of nitrogens with zero attached hydrogens (tertiary/aromatic N) is 1. The molecule has 0 spiro atoms. The van der Waals surface area contributed by atoms with Crippen molar-refractivity contribution in [2.75, 3.05) is 0 Å². The van der Waals surface area contributed by atoms with Gasteiger partial charge in [-0.15, -0.1) is 20.1 Å². The summed E-state index contributed by atoms with van der Waals surface area (Å²) in [6.07, 6.45) is -3.77. The number of halogens is 2. The zero-order chi connectivity index (χ0) is 16.0. The van der Waals surface area contributed by atoms with Crippen molar-refractivity contribution in [3.8, 4) is 11.5 Å². The Kier molecular flexibility index (Phi) is 3.56. The van der Waals surface area contributed by atoms with Gasteiger partial charge in [-0.2, -0.15) is 0 Å². The number of aryl methyl sites for hydroxylation is 1. The minimum Gasteiger partial charge on any atom is -0.395 e. The van der Waals surface area contributed by atoms with Gasteiger partial charge in [-0.05, 0) is 13.0 Å². The molecule has 2 aromatic rings. The van der Waals surface area contributed by atoms with E-state index in [1.54, 1.807) is 12.3 Å². The molecule has 0 radical (unpaired) electrons. The van der Waals surface area contributed by atoms with Crippen LogP contribution in [0.2, 0.25) is 0 Å². The van der Waals surface area contributed by atoms with E-state index < -0.39 is 21.9 Å². The van der Waals surface area contributed by atoms with Crippen LogP contribution in [0.1, 0.15) is 16.3 Å². The molecule has 0 atom stereocenters. The summed E-state index contributed by atoms with van der Waals surface area (Å²) < 4.78 is 59.3. The summed E-state index contributed by atoms with van der Waals surface area (Å²) in [6, 6.07) is 4.17. The van der Waals surface area contributed by atoms with Gasteiger partial charge in [-0.3, -0.25) is 0 Å². The van der Waals surface area contributed by atoms with Crippen molar-refractivity contribution < 1.29 is 26.7 Å². The lowest BCUT2D eigenvalue weighted by Gasteiger charge is -2.07. The average Bonchev–Trinajstić information content (AvgIpc) is 2.90. The highest BCUT2D eigenvalue weighted by atomic mass is 32.2. The van der Waals surface area contributed by atoms with Gasteiger partial charge in [0, 0.05) is 10.9 Å². The van der Waals surface area contributed by atoms with Crippen LogP contribution in [0.3, 0.4) is 0 Å². The maximum absolute atomic E-state index is 13.1. The highest BCUT2D eigenvalue weighted by Gasteiger charge is 2.44. The average molecular weight is 347 g/mol. The molecule has 0 aliphatic carbocycles. The van der Waals surface area contributed by atoms with Crippen LogP contribution in [-0.4, -0.2) is 19.7 Å². The molecule has 0 N–H and O–H groups in total. The zero-order valence-electron chi connectivity index (χ0n) is 11.4. The Morgan fingerprint density at radius 3 is 2.73 bits per heavy atom. The van der Waals surface area contributed by atoms with Gasteiger partial charge in [-0.25, -0.2) is 13.4 Å². The first-order valence-corrected chi connectivity index (χ1v) is 8.93. The maximum atomic E-state index is 13.1. The van der Waals surface area contributed by atoms with Crippen LogP contribution in [0, 0.1) is 6.92 Å². The fourth-order valence-electron chi connectivity index (χ4n) is 2.13. The number of ether oxygens (including phenoxy) is 2. The molecule has 3 rings (SSSR count). The first kappa shape index (κ1) is 15.2.